The van der Waals surface area contributed by atoms with E-state index in [1.807, 2.05) is 19.1 Å². The predicted molar refractivity (Wildman–Crippen MR) is 50.2 cm³/mol. The summed E-state index contributed by atoms with van der Waals surface area (Å²) in [5, 5.41) is 16.9. The van der Waals surface area contributed by atoms with E-state index in [1.165, 1.54) is 0 Å². The highest BCUT2D eigenvalue weighted by Crippen LogP contribution is 2.08. The smallest absolute Gasteiger partial charge is 0.115 e. The number of phenols is 1. The van der Waals surface area contributed by atoms with Crippen LogP contribution in [0.2, 0.25) is 0 Å². The maximum Gasteiger partial charge on any atom is 0.115 e. The summed E-state index contributed by atoms with van der Waals surface area (Å²) in [6.07, 6.45) is -0.167. The normalized spacial score (nSPS) is 9.08. The van der Waals surface area contributed by atoms with Crippen molar-refractivity contribution < 1.29 is 10.2 Å². The van der Waals surface area contributed by atoms with Gasteiger partial charge >= 0.3 is 0 Å². The molecule has 2 heteroatoms. The molecule has 0 aromatic heterocycles. The molecular formula is C10H16O2. The van der Waals surface area contributed by atoms with Gasteiger partial charge in [0.15, 0.2) is 0 Å². The maximum absolute atomic E-state index is 8.81. The summed E-state index contributed by atoms with van der Waals surface area (Å²) in [5.74, 6) is 0.338. The van der Waals surface area contributed by atoms with E-state index in [0.29, 0.717) is 5.75 Å². The molecule has 0 atom stereocenters. The van der Waals surface area contributed by atoms with E-state index >= 15 is 0 Å². The van der Waals surface area contributed by atoms with E-state index in [-0.39, 0.29) is 6.10 Å². The van der Waals surface area contributed by atoms with Crippen molar-refractivity contribution in [3.05, 3.63) is 29.8 Å². The Morgan fingerprint density at radius 2 is 1.75 bits per heavy atom. The van der Waals surface area contributed by atoms with Gasteiger partial charge in [-0.05, 0) is 38.5 Å². The molecule has 0 unspecified atom stereocenters. The summed E-state index contributed by atoms with van der Waals surface area (Å²) in [6.45, 7) is 5.39. The number of benzene rings is 1. The molecule has 0 amide bonds. The standard InChI is InChI=1S/C7H8O.C3H8O/c1-6-3-2-4-7(8)5-6;1-3(2)4/h2-5,8H,1H3;3-4H,1-2H3. The Bertz CT molecular complexity index is 199. The van der Waals surface area contributed by atoms with Gasteiger partial charge in [0.1, 0.15) is 5.75 Å². The summed E-state index contributed by atoms with van der Waals surface area (Å²) < 4.78 is 0. The van der Waals surface area contributed by atoms with Crippen LogP contribution in [0.25, 0.3) is 0 Å². The Hall–Kier alpha value is -1.02. The molecule has 0 radical (unpaired) electrons. The first kappa shape index (κ1) is 11.0. The highest BCUT2D eigenvalue weighted by molar-refractivity contribution is 5.25. The van der Waals surface area contributed by atoms with Crippen molar-refractivity contribution in [3.63, 3.8) is 0 Å². The Balaban J connectivity index is 0.000000261. The summed E-state index contributed by atoms with van der Waals surface area (Å²) >= 11 is 0. The van der Waals surface area contributed by atoms with E-state index in [4.69, 9.17) is 10.2 Å². The lowest BCUT2D eigenvalue weighted by molar-refractivity contribution is 0.216. The van der Waals surface area contributed by atoms with Crippen LogP contribution in [-0.2, 0) is 0 Å². The van der Waals surface area contributed by atoms with Gasteiger partial charge in [-0.15, -0.1) is 0 Å². The van der Waals surface area contributed by atoms with E-state index in [0.717, 1.165) is 5.56 Å². The van der Waals surface area contributed by atoms with Crippen molar-refractivity contribution in [2.45, 2.75) is 26.9 Å². The molecule has 0 aliphatic rings. The molecule has 1 rings (SSSR count). The molecule has 12 heavy (non-hydrogen) atoms. The summed E-state index contributed by atoms with van der Waals surface area (Å²) in [6, 6.07) is 7.15. The second-order valence-electron chi connectivity index (χ2n) is 2.93. The van der Waals surface area contributed by atoms with Crippen LogP contribution in [-0.4, -0.2) is 16.3 Å². The molecule has 0 heterocycles. The molecule has 1 aromatic carbocycles. The Morgan fingerprint density at radius 3 is 2.00 bits per heavy atom. The number of aryl methyl sites for hydroxylation is 1. The molecule has 68 valence electrons. The van der Waals surface area contributed by atoms with Gasteiger partial charge in [-0.1, -0.05) is 12.1 Å². The quantitative estimate of drug-likeness (QED) is 0.622. The lowest BCUT2D eigenvalue weighted by Gasteiger charge is -1.89. The van der Waals surface area contributed by atoms with Crippen LogP contribution in [0, 0.1) is 6.92 Å². The Kier molecular flexibility index (Phi) is 5.13. The molecule has 0 spiro atoms. The van der Waals surface area contributed by atoms with Crippen LogP contribution < -0.4 is 0 Å². The average Bonchev–Trinajstić information content (AvgIpc) is 1.84. The zero-order valence-corrected chi connectivity index (χ0v) is 7.78. The number of hydrogen-bond donors (Lipinski definition) is 2. The molecule has 0 aliphatic carbocycles. The molecule has 2 N–H and O–H groups in total. The number of aromatic hydroxyl groups is 1. The van der Waals surface area contributed by atoms with Crippen LogP contribution in [0.3, 0.4) is 0 Å². The topological polar surface area (TPSA) is 40.5 Å². The van der Waals surface area contributed by atoms with Gasteiger partial charge in [0, 0.05) is 6.10 Å². The first-order valence-corrected chi connectivity index (χ1v) is 3.96. The fourth-order valence-corrected chi connectivity index (χ4v) is 0.628. The predicted octanol–water partition coefficient (Wildman–Crippen LogP) is 2.09. The van der Waals surface area contributed by atoms with Crippen molar-refractivity contribution in [3.8, 4) is 5.75 Å². The minimum atomic E-state index is -0.167. The Morgan fingerprint density at radius 1 is 1.25 bits per heavy atom. The third-order valence-electron chi connectivity index (χ3n) is 1.00. The van der Waals surface area contributed by atoms with Gasteiger partial charge < -0.3 is 10.2 Å². The fraction of sp³-hybridized carbons (Fsp3) is 0.400. The van der Waals surface area contributed by atoms with E-state index < -0.39 is 0 Å². The van der Waals surface area contributed by atoms with Crippen LogP contribution in [0.5, 0.6) is 5.75 Å². The maximum atomic E-state index is 8.81. The highest BCUT2D eigenvalue weighted by Gasteiger charge is 1.83. The molecule has 0 aliphatic heterocycles. The third-order valence-corrected chi connectivity index (χ3v) is 1.00. The largest absolute Gasteiger partial charge is 0.508 e. The summed E-state index contributed by atoms with van der Waals surface area (Å²) in [5.41, 5.74) is 1.09. The minimum absolute atomic E-state index is 0.167. The second kappa shape index (κ2) is 5.61. The van der Waals surface area contributed by atoms with Crippen molar-refractivity contribution >= 4 is 0 Å². The van der Waals surface area contributed by atoms with Gasteiger partial charge in [-0.3, -0.25) is 0 Å². The van der Waals surface area contributed by atoms with Crippen LogP contribution in [0.4, 0.5) is 0 Å². The average molecular weight is 168 g/mol. The minimum Gasteiger partial charge on any atom is -0.508 e. The molecular weight excluding hydrogens is 152 g/mol. The van der Waals surface area contributed by atoms with Gasteiger partial charge in [-0.25, -0.2) is 0 Å². The van der Waals surface area contributed by atoms with Gasteiger partial charge in [0.25, 0.3) is 0 Å². The van der Waals surface area contributed by atoms with Crippen molar-refractivity contribution in [2.24, 2.45) is 0 Å². The summed E-state index contributed by atoms with van der Waals surface area (Å²) in [7, 11) is 0. The van der Waals surface area contributed by atoms with Crippen molar-refractivity contribution in [1.29, 1.82) is 0 Å². The SMILES string of the molecule is CC(C)O.Cc1cccc(O)c1. The molecule has 1 aromatic rings. The van der Waals surface area contributed by atoms with Gasteiger partial charge in [0.2, 0.25) is 0 Å². The molecule has 0 saturated carbocycles. The summed E-state index contributed by atoms with van der Waals surface area (Å²) in [4.78, 5) is 0. The highest BCUT2D eigenvalue weighted by atomic mass is 16.3. The van der Waals surface area contributed by atoms with Crippen molar-refractivity contribution in [2.75, 3.05) is 0 Å². The van der Waals surface area contributed by atoms with Gasteiger partial charge in [0.05, 0.1) is 0 Å². The zero-order valence-electron chi connectivity index (χ0n) is 7.78. The van der Waals surface area contributed by atoms with E-state index in [1.54, 1.807) is 26.0 Å². The zero-order chi connectivity index (χ0) is 9.56. The lowest BCUT2D eigenvalue weighted by atomic mass is 10.2. The lowest BCUT2D eigenvalue weighted by Crippen LogP contribution is -1.85. The number of rotatable bonds is 0. The first-order chi connectivity index (χ1) is 5.52. The van der Waals surface area contributed by atoms with E-state index in [2.05, 4.69) is 0 Å². The number of aliphatic hydroxyl groups is 1. The Labute approximate surface area is 73.5 Å². The van der Waals surface area contributed by atoms with Crippen LogP contribution >= 0.6 is 0 Å². The molecule has 2 nitrogen and oxygen atoms in total. The molecule has 0 saturated heterocycles. The van der Waals surface area contributed by atoms with Gasteiger partial charge in [-0.2, -0.15) is 0 Å². The monoisotopic (exact) mass is 168 g/mol. The van der Waals surface area contributed by atoms with Crippen LogP contribution in [0.15, 0.2) is 24.3 Å². The third kappa shape index (κ3) is 7.09. The van der Waals surface area contributed by atoms with E-state index in [9.17, 15) is 0 Å². The number of hydrogen-bond acceptors (Lipinski definition) is 2. The van der Waals surface area contributed by atoms with Crippen LogP contribution in [0.1, 0.15) is 19.4 Å². The number of aliphatic hydroxyl groups excluding tert-OH is 1. The number of phenolic OH excluding ortho intramolecular Hbond substituents is 1. The molecule has 0 bridgehead atoms. The first-order valence-electron chi connectivity index (χ1n) is 3.96. The van der Waals surface area contributed by atoms with Crippen molar-refractivity contribution in [1.82, 2.24) is 0 Å². The fourth-order valence-electron chi connectivity index (χ4n) is 0.628. The second-order valence-corrected chi connectivity index (χ2v) is 2.93. The molecule has 0 fully saturated rings.